The maximum atomic E-state index is 13.2. The number of rotatable bonds is 4. The summed E-state index contributed by atoms with van der Waals surface area (Å²) in [4.78, 5) is 0.134. The van der Waals surface area contributed by atoms with Crippen LogP contribution in [0, 0.1) is 12.7 Å². The molecular weight excluding hydrogens is 289 g/mol. The first-order chi connectivity index (χ1) is 9.84. The van der Waals surface area contributed by atoms with E-state index in [1.807, 2.05) is 37.3 Å². The zero-order valence-electron chi connectivity index (χ0n) is 12.2. The maximum absolute atomic E-state index is 13.2. The number of hydrogen-bond acceptors (Lipinski definition) is 2. The average Bonchev–Trinajstić information content (AvgIpc) is 2.46. The first-order valence-corrected chi connectivity index (χ1v) is 8.07. The molecule has 0 aliphatic rings. The van der Waals surface area contributed by atoms with Gasteiger partial charge in [-0.15, -0.1) is 0 Å². The minimum Gasteiger partial charge on any atom is -0.207 e. The lowest BCUT2D eigenvalue weighted by molar-refractivity contribution is 0.398. The molecule has 3 nitrogen and oxygen atoms in total. The van der Waals surface area contributed by atoms with Gasteiger partial charge in [-0.3, -0.25) is 0 Å². The molecular formula is C16H18FNO2S. The van der Waals surface area contributed by atoms with Crippen LogP contribution in [0.4, 0.5) is 4.39 Å². The van der Waals surface area contributed by atoms with E-state index in [1.165, 1.54) is 29.6 Å². The highest BCUT2D eigenvalue weighted by atomic mass is 32.2. The van der Waals surface area contributed by atoms with Gasteiger partial charge in [0.05, 0.1) is 4.90 Å². The van der Waals surface area contributed by atoms with Gasteiger partial charge in [0.15, 0.2) is 0 Å². The van der Waals surface area contributed by atoms with E-state index in [0.29, 0.717) is 5.56 Å². The first-order valence-electron chi connectivity index (χ1n) is 6.63. The van der Waals surface area contributed by atoms with Crippen LogP contribution in [0.15, 0.2) is 53.4 Å². The van der Waals surface area contributed by atoms with Gasteiger partial charge in [0.2, 0.25) is 10.0 Å². The molecule has 2 aromatic rings. The van der Waals surface area contributed by atoms with Crippen molar-refractivity contribution in [1.29, 1.82) is 0 Å². The largest absolute Gasteiger partial charge is 0.243 e. The molecule has 112 valence electrons. The topological polar surface area (TPSA) is 37.4 Å². The first kappa shape index (κ1) is 15.7. The van der Waals surface area contributed by atoms with Crippen LogP contribution in [0.25, 0.3) is 0 Å². The summed E-state index contributed by atoms with van der Waals surface area (Å²) in [6, 6.07) is 12.8. The highest BCUT2D eigenvalue weighted by Crippen LogP contribution is 2.27. The standard InChI is InChI=1S/C16H18FNO2S/c1-12-11-15(17)9-10-16(12)21(19,20)18(3)13(2)14-7-5-4-6-8-14/h4-11,13H,1-3H3/t13-/m1/s1. The van der Waals surface area contributed by atoms with Gasteiger partial charge in [-0.1, -0.05) is 30.3 Å². The predicted molar refractivity (Wildman–Crippen MR) is 80.9 cm³/mol. The van der Waals surface area contributed by atoms with Crippen molar-refractivity contribution in [3.63, 3.8) is 0 Å². The molecule has 0 saturated carbocycles. The Labute approximate surface area is 125 Å². The third-order valence-corrected chi connectivity index (χ3v) is 5.71. The van der Waals surface area contributed by atoms with Crippen molar-refractivity contribution < 1.29 is 12.8 Å². The molecule has 5 heteroatoms. The Hall–Kier alpha value is -1.72. The van der Waals surface area contributed by atoms with Crippen LogP contribution in [0.5, 0.6) is 0 Å². The fourth-order valence-electron chi connectivity index (χ4n) is 2.21. The van der Waals surface area contributed by atoms with Crippen LogP contribution in [0.3, 0.4) is 0 Å². The van der Waals surface area contributed by atoms with Crippen molar-refractivity contribution >= 4 is 10.0 Å². The molecule has 0 heterocycles. The summed E-state index contributed by atoms with van der Waals surface area (Å²) in [6.07, 6.45) is 0. The van der Waals surface area contributed by atoms with Gasteiger partial charge >= 0.3 is 0 Å². The Morgan fingerprint density at radius 3 is 2.29 bits per heavy atom. The van der Waals surface area contributed by atoms with E-state index in [0.717, 1.165) is 5.56 Å². The lowest BCUT2D eigenvalue weighted by Crippen LogP contribution is -2.30. The van der Waals surface area contributed by atoms with Crippen LogP contribution in [-0.4, -0.2) is 19.8 Å². The molecule has 0 aliphatic carbocycles. The smallest absolute Gasteiger partial charge is 0.207 e. The lowest BCUT2D eigenvalue weighted by atomic mass is 10.1. The van der Waals surface area contributed by atoms with Crippen LogP contribution in [-0.2, 0) is 10.0 Å². The van der Waals surface area contributed by atoms with E-state index in [9.17, 15) is 12.8 Å². The van der Waals surface area contributed by atoms with Gasteiger partial charge in [-0.05, 0) is 43.2 Å². The van der Waals surface area contributed by atoms with E-state index >= 15 is 0 Å². The van der Waals surface area contributed by atoms with Crippen molar-refractivity contribution in [3.8, 4) is 0 Å². The molecule has 0 spiro atoms. The maximum Gasteiger partial charge on any atom is 0.243 e. The molecule has 0 fully saturated rings. The van der Waals surface area contributed by atoms with Gasteiger partial charge in [0.25, 0.3) is 0 Å². The molecule has 1 atom stereocenters. The van der Waals surface area contributed by atoms with Crippen LogP contribution >= 0.6 is 0 Å². The summed E-state index contributed by atoms with van der Waals surface area (Å²) >= 11 is 0. The molecule has 0 bridgehead atoms. The fourth-order valence-corrected chi connectivity index (χ4v) is 3.76. The minimum absolute atomic E-state index is 0.134. The number of sulfonamides is 1. The summed E-state index contributed by atoms with van der Waals surface area (Å²) in [5.41, 5.74) is 1.31. The van der Waals surface area contributed by atoms with Crippen LogP contribution in [0.1, 0.15) is 24.1 Å². The molecule has 0 N–H and O–H groups in total. The van der Waals surface area contributed by atoms with Crippen molar-refractivity contribution in [3.05, 3.63) is 65.5 Å². The molecule has 0 unspecified atom stereocenters. The monoisotopic (exact) mass is 307 g/mol. The van der Waals surface area contributed by atoms with Gasteiger partial charge in [0.1, 0.15) is 5.82 Å². The highest BCUT2D eigenvalue weighted by Gasteiger charge is 2.27. The Balaban J connectivity index is 2.39. The summed E-state index contributed by atoms with van der Waals surface area (Å²) < 4.78 is 39.8. The Morgan fingerprint density at radius 1 is 1.10 bits per heavy atom. The van der Waals surface area contributed by atoms with E-state index in [2.05, 4.69) is 0 Å². The predicted octanol–water partition coefficient (Wildman–Crippen LogP) is 3.52. The normalized spacial score (nSPS) is 13.4. The Bertz CT molecular complexity index is 729. The zero-order chi connectivity index (χ0) is 15.6. The molecule has 0 aromatic heterocycles. The molecule has 0 saturated heterocycles. The molecule has 2 aromatic carbocycles. The average molecular weight is 307 g/mol. The van der Waals surface area contributed by atoms with E-state index in [1.54, 1.807) is 6.92 Å². The highest BCUT2D eigenvalue weighted by molar-refractivity contribution is 7.89. The third-order valence-electron chi connectivity index (χ3n) is 3.62. The van der Waals surface area contributed by atoms with Gasteiger partial charge in [0, 0.05) is 13.1 Å². The Morgan fingerprint density at radius 2 is 1.71 bits per heavy atom. The SMILES string of the molecule is Cc1cc(F)ccc1S(=O)(=O)N(C)[C@H](C)c1ccccc1. The van der Waals surface area contributed by atoms with Crippen LogP contribution in [0.2, 0.25) is 0 Å². The molecule has 0 radical (unpaired) electrons. The molecule has 21 heavy (non-hydrogen) atoms. The van der Waals surface area contributed by atoms with Crippen molar-refractivity contribution in [2.45, 2.75) is 24.8 Å². The summed E-state index contributed by atoms with van der Waals surface area (Å²) in [6.45, 7) is 3.42. The van der Waals surface area contributed by atoms with Crippen LogP contribution < -0.4 is 0 Å². The number of hydrogen-bond donors (Lipinski definition) is 0. The molecule has 2 rings (SSSR count). The molecule has 0 aliphatic heterocycles. The summed E-state index contributed by atoms with van der Waals surface area (Å²) in [5, 5.41) is 0. The third kappa shape index (κ3) is 3.14. The number of aryl methyl sites for hydroxylation is 1. The Kier molecular flexibility index (Phi) is 4.44. The zero-order valence-corrected chi connectivity index (χ0v) is 13.1. The second-order valence-electron chi connectivity index (χ2n) is 5.02. The van der Waals surface area contributed by atoms with Crippen molar-refractivity contribution in [2.75, 3.05) is 7.05 Å². The van der Waals surface area contributed by atoms with Crippen molar-refractivity contribution in [2.24, 2.45) is 0 Å². The van der Waals surface area contributed by atoms with Crippen molar-refractivity contribution in [1.82, 2.24) is 4.31 Å². The fraction of sp³-hybridized carbons (Fsp3) is 0.250. The number of benzene rings is 2. The molecule has 0 amide bonds. The second kappa shape index (κ2) is 5.95. The number of nitrogens with zero attached hydrogens (tertiary/aromatic N) is 1. The second-order valence-corrected chi connectivity index (χ2v) is 6.98. The van der Waals surface area contributed by atoms with Gasteiger partial charge in [-0.25, -0.2) is 12.8 Å². The lowest BCUT2D eigenvalue weighted by Gasteiger charge is -2.25. The summed E-state index contributed by atoms with van der Waals surface area (Å²) in [7, 11) is -2.13. The number of halogens is 1. The van der Waals surface area contributed by atoms with E-state index in [-0.39, 0.29) is 10.9 Å². The van der Waals surface area contributed by atoms with Gasteiger partial charge < -0.3 is 0 Å². The van der Waals surface area contributed by atoms with E-state index in [4.69, 9.17) is 0 Å². The summed E-state index contributed by atoms with van der Waals surface area (Å²) in [5.74, 6) is -0.440. The van der Waals surface area contributed by atoms with Gasteiger partial charge in [-0.2, -0.15) is 4.31 Å². The minimum atomic E-state index is -3.67. The van der Waals surface area contributed by atoms with E-state index < -0.39 is 15.8 Å². The quantitative estimate of drug-likeness (QED) is 0.866.